The van der Waals surface area contributed by atoms with Crippen molar-refractivity contribution in [3.8, 4) is 0 Å². The van der Waals surface area contributed by atoms with E-state index in [-0.39, 0.29) is 117 Å². The Labute approximate surface area is 803 Å². The van der Waals surface area contributed by atoms with Crippen LogP contribution in [-0.4, -0.2) is 190 Å². The molecule has 0 radical (unpaired) electrons. The van der Waals surface area contributed by atoms with E-state index in [4.69, 9.17) is 97.8 Å². The van der Waals surface area contributed by atoms with Gasteiger partial charge in [-0.1, -0.05) is 43.6 Å². The molecule has 6 aromatic carbocycles. The van der Waals surface area contributed by atoms with Crippen molar-refractivity contribution in [2.75, 3.05) is 75.5 Å². The number of Topliss-reactive ketones (excluding diaryl/α,β-unsaturated/α-hetero) is 2. The second-order valence-electron chi connectivity index (χ2n) is 24.5. The fraction of sp³-hybridized carbons (Fsp3) is 0.234. The molecular formula is C64H89Cl4N18O36PdS11-. The van der Waals surface area contributed by atoms with Gasteiger partial charge in [0.1, 0.15) is 58.1 Å². The summed E-state index contributed by atoms with van der Waals surface area (Å²) in [6, 6.07) is 20.1. The average molecular weight is 2290 g/mol. The fourth-order valence-corrected chi connectivity index (χ4v) is 15.6. The van der Waals surface area contributed by atoms with Crippen molar-refractivity contribution in [1.29, 1.82) is 0 Å². The number of ketones is 2. The van der Waals surface area contributed by atoms with Gasteiger partial charge < -0.3 is 50.8 Å². The zero-order chi connectivity index (χ0) is 104. The Morgan fingerprint density at radius 3 is 1.29 bits per heavy atom. The van der Waals surface area contributed by atoms with Crippen LogP contribution in [0.2, 0.25) is 10.0 Å². The van der Waals surface area contributed by atoms with Crippen LogP contribution in [0.25, 0.3) is 0 Å². The van der Waals surface area contributed by atoms with E-state index in [1.165, 1.54) is 69.2 Å². The Kier molecular flexibility index (Phi) is 56.8. The van der Waals surface area contributed by atoms with E-state index in [0.29, 0.717) is 11.8 Å². The van der Waals surface area contributed by atoms with Crippen molar-refractivity contribution in [1.82, 2.24) is 4.72 Å². The first kappa shape index (κ1) is 132. The first-order valence-electron chi connectivity index (χ1n) is 34.0. The number of nitro groups is 3. The number of aliphatic carboxylic acids is 1. The van der Waals surface area contributed by atoms with E-state index in [1.54, 1.807) is 0 Å². The number of nitrogens with zero attached hydrogens (tertiary/aromatic N) is 4. The van der Waals surface area contributed by atoms with Crippen LogP contribution in [0.5, 0.6) is 0 Å². The van der Waals surface area contributed by atoms with E-state index in [2.05, 4.69) is 41.7 Å². The Morgan fingerprint density at radius 2 is 0.955 bits per heavy atom. The van der Waals surface area contributed by atoms with Gasteiger partial charge in [0.15, 0.2) is 0 Å². The summed E-state index contributed by atoms with van der Waals surface area (Å²) >= 11 is 15.7. The number of allylic oxidation sites excluding steroid dienone is 2. The standard InChI is InChI=1S/C11H15N3O6S2.C10H11N3O6S2.C7H13N3O4S2.C6H5ClN2O4S.C6H4ClNO5S.C6H7N3O4S.C6H9N3O2S.C4H5ClO2.C4H8O.C2H6.CH3ClO2S.CH3.Pd/c1-7(15)5-11(16)13-9-4-3-8(14-21(2,17)18)6-10(9)22(12,19)20;1-20(16,17)12-6-2-3-7-8(4-6)21(18,19)13-9(11-7)5-10(14)15;1-3-6(8)7(16(9,13)14)4-5-10-15(2,11)12;7-5-2-1-4(9(10)11)3-6(5)14(8,12)13;7-5-2-1-4(8(9)10)3-6(5)14(11,12)13;7-5-2-1-4(9(10)11)3-6(5)14(8,12)13;7-4-1-2-5(8)6(3-4)12(9,10)11;1-3(6)2-4(5)7;1-2-4-5-3-1;1-2;1-5(2,3)4;;/h3-4,6,14H,5H2,1-2H3,(H,13,16)(H2,12,19,20);2-4,12H,5H2,1H3,(H,11,13)(H,14,15);3-5,10H,1,8H2,2H3,(H2,9,13,14);1-3H,(H2,8,12,13);1-3H,(H,11,12,13);1-3H,7H2,(H2,8,12,13);1-3H,7-8H2,(H2,9,10,11);2H2,1H3;1-4H2;1-2H3;1H3;1H3;/q;;;;;;;;;;;-1;/b;;5-4+,7-6-;;;;;;;;;;. The van der Waals surface area contributed by atoms with Crippen molar-refractivity contribution in [3.05, 3.63) is 193 Å². The molecule has 25 N–H and O–H groups in total. The van der Waals surface area contributed by atoms with Crippen LogP contribution in [-0.2, 0) is 159 Å². The molecule has 134 heavy (non-hydrogen) atoms. The molecule has 0 saturated carbocycles. The molecule has 1 fully saturated rings. The second-order valence-corrected chi connectivity index (χ2v) is 44.7. The van der Waals surface area contributed by atoms with Gasteiger partial charge >= 0.3 is 5.97 Å². The van der Waals surface area contributed by atoms with Crippen molar-refractivity contribution in [2.45, 2.75) is 89.2 Å². The summed E-state index contributed by atoms with van der Waals surface area (Å²) in [6.07, 6.45) is 8.01. The number of nitrogens with one attached hydrogen (secondary N) is 5. The number of ether oxygens (including phenoxy) is 1. The van der Waals surface area contributed by atoms with Gasteiger partial charge in [-0.3, -0.25) is 73.0 Å². The van der Waals surface area contributed by atoms with Gasteiger partial charge in [0.05, 0.1) is 91.1 Å². The summed E-state index contributed by atoms with van der Waals surface area (Å²) in [7, 11) is -38.0. The molecule has 0 bridgehead atoms. The molecule has 0 aliphatic carbocycles. The summed E-state index contributed by atoms with van der Waals surface area (Å²) in [5.74, 6) is -2.74. The van der Waals surface area contributed by atoms with Gasteiger partial charge in [0.2, 0.25) is 100 Å². The van der Waals surface area contributed by atoms with Gasteiger partial charge in [-0.05, 0) is 123 Å². The zero-order valence-corrected chi connectivity index (χ0v) is 83.9. The fourth-order valence-electron chi connectivity index (χ4n) is 7.97. The monoisotopic (exact) mass is 2280 g/mol. The predicted octanol–water partition coefficient (Wildman–Crippen LogP) is 3.26. The van der Waals surface area contributed by atoms with Crippen LogP contribution in [0.3, 0.4) is 0 Å². The molecule has 2 heterocycles. The summed E-state index contributed by atoms with van der Waals surface area (Å²) < 4.78 is 264. The number of fused-ring (bicyclic) bond motifs is 1. The molecule has 0 atom stereocenters. The zero-order valence-electron chi connectivity index (χ0n) is 70.4. The van der Waals surface area contributed by atoms with Gasteiger partial charge in [-0.25, -0.2) is 101 Å². The molecule has 756 valence electrons. The number of hydrogen-bond acceptors (Lipinski definition) is 39. The van der Waals surface area contributed by atoms with Crippen LogP contribution in [0.1, 0.15) is 59.8 Å². The van der Waals surface area contributed by atoms with Crippen LogP contribution in [0, 0.1) is 37.8 Å². The predicted molar refractivity (Wildman–Crippen MR) is 495 cm³/mol. The SMILES string of the molecule is C1CCOC1.C=C/C(N)=C(\C=C\NS(C)(=O)=O)S(N)(=O)=O.CC.CC(=O)CC(=O)Cl.CC(=O)CC(=O)Nc1ccc(NS(C)(=O)=O)cc1S(N)(=O)=O.CS(=O)(=O)Cl.CS(=O)(=O)Nc1ccc2c(c1)S(=O)(=O)N=C(CC(=O)O)N2.NS(=O)(=O)c1cc([N+](=O)[O-])ccc1Cl.Nc1ccc(N)c(S(N)(=O)=O)c1.Nc1ccc([N+](=O)[O-])cc1S(N)(=O)=O.O=[N+]([O-])c1ccc(Cl)c(S(=O)(=O)O)c1.[CH3-].[Pd]. The maximum atomic E-state index is 12.0. The van der Waals surface area contributed by atoms with Gasteiger partial charge in [-0.15, -0.1) is 4.40 Å². The van der Waals surface area contributed by atoms with Crippen molar-refractivity contribution < 1.29 is 166 Å². The molecule has 1 amide bonds. The van der Waals surface area contributed by atoms with Gasteiger partial charge in [0, 0.05) is 104 Å². The van der Waals surface area contributed by atoms with E-state index < -0.39 is 190 Å². The number of carboxylic acids is 1. The number of primary sulfonamides is 5. The van der Waals surface area contributed by atoms with Crippen LogP contribution >= 0.6 is 45.5 Å². The Bertz CT molecular complexity index is 6510. The molecule has 70 heteroatoms. The number of carbonyl (C=O) groups is 5. The van der Waals surface area contributed by atoms with Crippen LogP contribution in [0.15, 0.2) is 178 Å². The van der Waals surface area contributed by atoms with Crippen LogP contribution < -0.4 is 73.4 Å². The largest absolute Gasteiger partial charge is 0.481 e. The smallest absolute Gasteiger partial charge is 0.311 e. The maximum Gasteiger partial charge on any atom is 0.311 e. The first-order valence-corrected chi connectivity index (χ1v) is 54.1. The van der Waals surface area contributed by atoms with Crippen molar-refractivity contribution in [2.24, 2.45) is 35.8 Å². The average Bonchev–Trinajstić information content (AvgIpc) is 0.791. The van der Waals surface area contributed by atoms with E-state index >= 15 is 0 Å². The normalized spacial score (nSPS) is 12.6. The number of amidine groups is 1. The van der Waals surface area contributed by atoms with Gasteiger partial charge in [0.25, 0.3) is 37.2 Å². The molecule has 2 aliphatic rings. The minimum Gasteiger partial charge on any atom is -0.481 e. The summed E-state index contributed by atoms with van der Waals surface area (Å²) in [5.41, 5.74) is 20.3. The number of benzene rings is 6. The third-order valence-corrected chi connectivity index (χ3v) is 22.8. The molecule has 54 nitrogen and oxygen atoms in total. The first-order chi connectivity index (χ1) is 59.5. The minimum atomic E-state index is -4.53. The molecule has 0 unspecified atom stereocenters. The molecule has 2 aliphatic heterocycles. The number of amides is 1. The molecule has 1 saturated heterocycles. The summed E-state index contributed by atoms with van der Waals surface area (Å²) in [6.45, 7) is 11.8. The molecule has 8 rings (SSSR count). The molecule has 0 spiro atoms. The van der Waals surface area contributed by atoms with Gasteiger partial charge in [-0.2, -0.15) is 16.8 Å². The number of nitro benzene ring substituents is 3. The van der Waals surface area contributed by atoms with E-state index in [0.717, 1.165) is 117 Å². The number of nitrogens with two attached hydrogens (primary N) is 9. The Morgan fingerprint density at radius 1 is 0.575 bits per heavy atom. The third kappa shape index (κ3) is 58.1. The minimum absolute atomic E-state index is 0. The van der Waals surface area contributed by atoms with Crippen LogP contribution in [0.4, 0.5) is 56.9 Å². The summed E-state index contributed by atoms with van der Waals surface area (Å²) in [5, 5.41) is 67.8. The molecule has 0 aromatic heterocycles. The number of halogens is 4. The Hall–Kier alpha value is -10.2. The number of carbonyl (C=O) groups excluding carboxylic acids is 4. The number of anilines is 7. The number of non-ortho nitro benzene ring substituents is 3. The number of sulfonamides is 9. The topological polar surface area (TPSA) is 947 Å². The van der Waals surface area contributed by atoms with E-state index in [9.17, 15) is 147 Å². The number of carboxylic acid groups (broad SMARTS) is 1. The Balaban J connectivity index is -0.000000469. The van der Waals surface area contributed by atoms with E-state index in [1.807, 2.05) is 18.6 Å². The summed E-state index contributed by atoms with van der Waals surface area (Å²) in [4.78, 5) is 78.6. The van der Waals surface area contributed by atoms with Crippen molar-refractivity contribution in [3.63, 3.8) is 0 Å². The number of nitrogen functional groups attached to an aromatic ring is 3. The second kappa shape index (κ2) is 57.6. The maximum absolute atomic E-state index is 12.0. The molecule has 6 aromatic rings. The van der Waals surface area contributed by atoms with Crippen molar-refractivity contribution >= 4 is 246 Å². The quantitative estimate of drug-likeness (QED) is 0.00476. The number of hydrogen-bond donors (Lipinski definition) is 16. The number of rotatable bonds is 24. The third-order valence-electron chi connectivity index (χ3n) is 12.9. The molecular weight excluding hydrogens is 2200 g/mol.